The van der Waals surface area contributed by atoms with E-state index in [0.29, 0.717) is 12.0 Å². The zero-order valence-corrected chi connectivity index (χ0v) is 12.4. The minimum Gasteiger partial charge on any atom is -0.493 e. The van der Waals surface area contributed by atoms with Crippen LogP contribution in [0.3, 0.4) is 0 Å². The Morgan fingerprint density at radius 2 is 1.94 bits per heavy atom. The van der Waals surface area contributed by atoms with Gasteiger partial charge in [-0.3, -0.25) is 0 Å². The van der Waals surface area contributed by atoms with Gasteiger partial charge in [0.05, 0.1) is 6.61 Å². The fourth-order valence-corrected chi connectivity index (χ4v) is 2.04. The van der Waals surface area contributed by atoms with Gasteiger partial charge in [-0.05, 0) is 49.9 Å². The monoisotopic (exact) mass is 249 g/mol. The molecule has 0 aliphatic rings. The molecule has 0 saturated heterocycles. The van der Waals surface area contributed by atoms with Crippen LogP contribution in [0.5, 0.6) is 5.75 Å². The van der Waals surface area contributed by atoms with Crippen molar-refractivity contribution in [2.24, 2.45) is 0 Å². The molecule has 0 saturated carbocycles. The summed E-state index contributed by atoms with van der Waals surface area (Å²) >= 11 is 0. The Morgan fingerprint density at radius 1 is 1.22 bits per heavy atom. The first-order chi connectivity index (χ1) is 8.54. The van der Waals surface area contributed by atoms with Gasteiger partial charge < -0.3 is 10.1 Å². The lowest BCUT2D eigenvalue weighted by Gasteiger charge is -2.17. The largest absolute Gasteiger partial charge is 0.493 e. The SMILES string of the molecule is CCNC(C)CCOc1cc(C)ccc1C(C)C. The summed E-state index contributed by atoms with van der Waals surface area (Å²) in [6, 6.07) is 7.00. The number of aryl methyl sites for hydroxylation is 1. The molecule has 0 bridgehead atoms. The van der Waals surface area contributed by atoms with Crippen molar-refractivity contribution in [2.75, 3.05) is 13.2 Å². The molecule has 1 atom stereocenters. The van der Waals surface area contributed by atoms with E-state index in [0.717, 1.165) is 25.3 Å². The third-order valence-corrected chi connectivity index (χ3v) is 3.15. The van der Waals surface area contributed by atoms with Crippen molar-refractivity contribution < 1.29 is 4.74 Å². The van der Waals surface area contributed by atoms with E-state index >= 15 is 0 Å². The van der Waals surface area contributed by atoms with Crippen molar-refractivity contribution in [3.05, 3.63) is 29.3 Å². The van der Waals surface area contributed by atoms with Crippen LogP contribution >= 0.6 is 0 Å². The molecular formula is C16H27NO. The molecule has 1 aromatic carbocycles. The Balaban J connectivity index is 2.58. The standard InChI is InChI=1S/C16H27NO/c1-6-17-14(5)9-10-18-16-11-13(4)7-8-15(16)12(2)3/h7-8,11-12,14,17H,6,9-10H2,1-5H3. The van der Waals surface area contributed by atoms with E-state index in [9.17, 15) is 0 Å². The summed E-state index contributed by atoms with van der Waals surface area (Å²) in [5, 5.41) is 3.40. The van der Waals surface area contributed by atoms with E-state index in [1.54, 1.807) is 0 Å². The first-order valence-electron chi connectivity index (χ1n) is 7.01. The zero-order valence-electron chi connectivity index (χ0n) is 12.4. The Kier molecular flexibility index (Phi) is 6.20. The minimum absolute atomic E-state index is 0.506. The summed E-state index contributed by atoms with van der Waals surface area (Å²) in [5.74, 6) is 1.56. The molecule has 0 heterocycles. The highest BCUT2D eigenvalue weighted by Crippen LogP contribution is 2.27. The Labute approximate surface area is 112 Å². The second kappa shape index (κ2) is 7.42. The fraction of sp³-hybridized carbons (Fsp3) is 0.625. The second-order valence-corrected chi connectivity index (χ2v) is 5.29. The molecule has 0 aromatic heterocycles. The topological polar surface area (TPSA) is 21.3 Å². The fourth-order valence-electron chi connectivity index (χ4n) is 2.04. The Hall–Kier alpha value is -1.02. The molecule has 18 heavy (non-hydrogen) atoms. The first kappa shape index (κ1) is 15.0. The smallest absolute Gasteiger partial charge is 0.123 e. The van der Waals surface area contributed by atoms with Gasteiger partial charge in [0.15, 0.2) is 0 Å². The molecule has 0 aliphatic carbocycles. The van der Waals surface area contributed by atoms with E-state index in [2.05, 4.69) is 58.1 Å². The molecule has 2 heteroatoms. The van der Waals surface area contributed by atoms with E-state index in [4.69, 9.17) is 4.74 Å². The van der Waals surface area contributed by atoms with Crippen LogP contribution in [0.1, 0.15) is 51.2 Å². The molecule has 1 aromatic rings. The lowest BCUT2D eigenvalue weighted by molar-refractivity contribution is 0.287. The maximum atomic E-state index is 5.96. The van der Waals surface area contributed by atoms with Gasteiger partial charge in [-0.15, -0.1) is 0 Å². The van der Waals surface area contributed by atoms with Crippen LogP contribution in [-0.4, -0.2) is 19.2 Å². The van der Waals surface area contributed by atoms with Crippen LogP contribution in [0.4, 0.5) is 0 Å². The summed E-state index contributed by atoms with van der Waals surface area (Å²) < 4.78 is 5.96. The van der Waals surface area contributed by atoms with Crippen molar-refractivity contribution in [1.82, 2.24) is 5.32 Å². The van der Waals surface area contributed by atoms with Crippen molar-refractivity contribution >= 4 is 0 Å². The number of benzene rings is 1. The predicted octanol–water partition coefficient (Wildman–Crippen LogP) is 3.89. The van der Waals surface area contributed by atoms with Crippen molar-refractivity contribution in [1.29, 1.82) is 0 Å². The van der Waals surface area contributed by atoms with Crippen LogP contribution in [0.15, 0.2) is 18.2 Å². The molecule has 0 radical (unpaired) electrons. The normalized spacial score (nSPS) is 12.8. The van der Waals surface area contributed by atoms with E-state index < -0.39 is 0 Å². The van der Waals surface area contributed by atoms with Crippen LogP contribution in [-0.2, 0) is 0 Å². The van der Waals surface area contributed by atoms with Gasteiger partial charge in [0.1, 0.15) is 5.75 Å². The third-order valence-electron chi connectivity index (χ3n) is 3.15. The summed E-state index contributed by atoms with van der Waals surface area (Å²) in [4.78, 5) is 0. The maximum Gasteiger partial charge on any atom is 0.123 e. The highest BCUT2D eigenvalue weighted by Gasteiger charge is 2.08. The summed E-state index contributed by atoms with van der Waals surface area (Å²) in [6.07, 6.45) is 1.04. The molecule has 0 fully saturated rings. The molecule has 102 valence electrons. The van der Waals surface area contributed by atoms with Crippen LogP contribution in [0.25, 0.3) is 0 Å². The molecular weight excluding hydrogens is 222 g/mol. The molecule has 1 unspecified atom stereocenters. The van der Waals surface area contributed by atoms with Gasteiger partial charge in [-0.25, -0.2) is 0 Å². The van der Waals surface area contributed by atoms with Crippen LogP contribution < -0.4 is 10.1 Å². The molecule has 0 aliphatic heterocycles. The van der Waals surface area contributed by atoms with Gasteiger partial charge in [0.25, 0.3) is 0 Å². The lowest BCUT2D eigenvalue weighted by Crippen LogP contribution is -2.27. The maximum absolute atomic E-state index is 5.96. The predicted molar refractivity (Wildman–Crippen MR) is 78.5 cm³/mol. The minimum atomic E-state index is 0.506. The highest BCUT2D eigenvalue weighted by atomic mass is 16.5. The van der Waals surface area contributed by atoms with Crippen LogP contribution in [0, 0.1) is 6.92 Å². The zero-order chi connectivity index (χ0) is 13.5. The number of hydrogen-bond acceptors (Lipinski definition) is 2. The molecule has 0 amide bonds. The molecule has 2 nitrogen and oxygen atoms in total. The van der Waals surface area contributed by atoms with Gasteiger partial charge in [-0.1, -0.05) is 32.9 Å². The number of rotatable bonds is 7. The molecule has 1 rings (SSSR count). The van der Waals surface area contributed by atoms with Gasteiger partial charge >= 0.3 is 0 Å². The van der Waals surface area contributed by atoms with Gasteiger partial charge in [0.2, 0.25) is 0 Å². The second-order valence-electron chi connectivity index (χ2n) is 5.29. The lowest BCUT2D eigenvalue weighted by atomic mass is 10.0. The first-order valence-corrected chi connectivity index (χ1v) is 7.01. The molecule has 1 N–H and O–H groups in total. The number of ether oxygens (including phenoxy) is 1. The Morgan fingerprint density at radius 3 is 2.56 bits per heavy atom. The van der Waals surface area contributed by atoms with Crippen molar-refractivity contribution in [3.63, 3.8) is 0 Å². The summed E-state index contributed by atoms with van der Waals surface area (Å²) in [5.41, 5.74) is 2.56. The average Bonchev–Trinajstić information content (AvgIpc) is 2.29. The Bertz CT molecular complexity index is 360. The van der Waals surface area contributed by atoms with Gasteiger partial charge in [0, 0.05) is 6.04 Å². The summed E-state index contributed by atoms with van der Waals surface area (Å²) in [7, 11) is 0. The van der Waals surface area contributed by atoms with Crippen LogP contribution in [0.2, 0.25) is 0 Å². The van der Waals surface area contributed by atoms with E-state index in [1.165, 1.54) is 11.1 Å². The van der Waals surface area contributed by atoms with Crippen molar-refractivity contribution in [3.8, 4) is 5.75 Å². The third kappa shape index (κ3) is 4.69. The highest BCUT2D eigenvalue weighted by molar-refractivity contribution is 5.39. The number of nitrogens with one attached hydrogen (secondary N) is 1. The van der Waals surface area contributed by atoms with Gasteiger partial charge in [-0.2, -0.15) is 0 Å². The van der Waals surface area contributed by atoms with E-state index in [-0.39, 0.29) is 0 Å². The average molecular weight is 249 g/mol. The quantitative estimate of drug-likeness (QED) is 0.791. The van der Waals surface area contributed by atoms with Crippen molar-refractivity contribution in [2.45, 2.75) is 53.0 Å². The summed E-state index contributed by atoms with van der Waals surface area (Å²) in [6.45, 7) is 12.7. The molecule has 0 spiro atoms. The number of hydrogen-bond donors (Lipinski definition) is 1. The van der Waals surface area contributed by atoms with E-state index in [1.807, 2.05) is 0 Å².